The Balaban J connectivity index is 2.71. The van der Waals surface area contributed by atoms with Crippen molar-refractivity contribution < 1.29 is 15.3 Å². The number of aromatic hydroxyl groups is 1. The van der Waals surface area contributed by atoms with Crippen LogP contribution >= 0.6 is 0 Å². The zero-order chi connectivity index (χ0) is 8.27. The molecule has 0 bridgehead atoms. The van der Waals surface area contributed by atoms with Crippen molar-refractivity contribution >= 4 is 0 Å². The quantitative estimate of drug-likeness (QED) is 0.376. The molecular formula is C6H8N2O3. The number of nitrogens with one attached hydrogen (secondary N) is 1. The van der Waals surface area contributed by atoms with Gasteiger partial charge in [0, 0.05) is 6.07 Å². The number of benzene rings is 1. The highest BCUT2D eigenvalue weighted by Crippen LogP contribution is 2.15. The van der Waals surface area contributed by atoms with E-state index in [0.29, 0.717) is 0 Å². The molecule has 5 heteroatoms. The van der Waals surface area contributed by atoms with Gasteiger partial charge in [-0.25, -0.2) is 0 Å². The molecule has 60 valence electrons. The van der Waals surface area contributed by atoms with Gasteiger partial charge in [-0.3, -0.25) is 4.84 Å². The molecule has 0 amide bonds. The molecule has 0 fully saturated rings. The van der Waals surface area contributed by atoms with Crippen LogP contribution < -0.4 is 16.0 Å². The highest BCUT2D eigenvalue weighted by molar-refractivity contribution is 5.31. The van der Waals surface area contributed by atoms with Gasteiger partial charge in [0.05, 0.1) is 0 Å². The minimum atomic E-state index is -0.893. The summed E-state index contributed by atoms with van der Waals surface area (Å²) >= 11 is 0. The Hall–Kier alpha value is -1.30. The first-order chi connectivity index (χ1) is 5.18. The van der Waals surface area contributed by atoms with Gasteiger partial charge in [0.15, 0.2) is 5.75 Å². The SMILES string of the molecule is N[NH+]([O-])Oc1cccc(O)c1. The van der Waals surface area contributed by atoms with Gasteiger partial charge < -0.3 is 10.3 Å². The van der Waals surface area contributed by atoms with Gasteiger partial charge in [-0.05, 0) is 12.1 Å². The van der Waals surface area contributed by atoms with Gasteiger partial charge in [-0.15, -0.1) is 11.2 Å². The lowest BCUT2D eigenvalue weighted by Gasteiger charge is -2.12. The van der Waals surface area contributed by atoms with Crippen LogP contribution in [0.2, 0.25) is 0 Å². The zero-order valence-electron chi connectivity index (χ0n) is 5.65. The van der Waals surface area contributed by atoms with Crippen LogP contribution in [0.15, 0.2) is 24.3 Å². The van der Waals surface area contributed by atoms with Crippen LogP contribution in [0.5, 0.6) is 11.5 Å². The minimum Gasteiger partial charge on any atom is -0.570 e. The number of hydrogen-bond acceptors (Lipinski definition) is 4. The van der Waals surface area contributed by atoms with Gasteiger partial charge in [0.25, 0.3) is 0 Å². The summed E-state index contributed by atoms with van der Waals surface area (Å²) in [6.07, 6.45) is 0. The lowest BCUT2D eigenvalue weighted by Crippen LogP contribution is -3.15. The summed E-state index contributed by atoms with van der Waals surface area (Å²) in [6, 6.07) is 5.83. The topological polar surface area (TPSA) is 83.0 Å². The van der Waals surface area contributed by atoms with E-state index >= 15 is 0 Å². The van der Waals surface area contributed by atoms with Crippen molar-refractivity contribution in [3.63, 3.8) is 0 Å². The molecule has 0 aliphatic rings. The Labute approximate surface area is 63.1 Å². The Morgan fingerprint density at radius 3 is 2.82 bits per heavy atom. The largest absolute Gasteiger partial charge is 0.570 e. The van der Waals surface area contributed by atoms with Crippen LogP contribution in [-0.4, -0.2) is 5.11 Å². The molecule has 0 saturated carbocycles. The molecule has 4 N–H and O–H groups in total. The molecule has 1 rings (SSSR count). The molecule has 0 heterocycles. The third-order valence-corrected chi connectivity index (χ3v) is 1.04. The van der Waals surface area contributed by atoms with Gasteiger partial charge in [-0.1, -0.05) is 6.07 Å². The smallest absolute Gasteiger partial charge is 0.197 e. The fourth-order valence-corrected chi connectivity index (χ4v) is 0.663. The first-order valence-corrected chi connectivity index (χ1v) is 2.95. The van der Waals surface area contributed by atoms with Crippen molar-refractivity contribution in [2.24, 2.45) is 5.84 Å². The van der Waals surface area contributed by atoms with Gasteiger partial charge in [0.2, 0.25) is 0 Å². The summed E-state index contributed by atoms with van der Waals surface area (Å²) < 4.78 is 0. The standard InChI is InChI=1S/C6H8N2O3/c7-8(10)11-6-3-1-2-5(9)4-6/h1-4,8-9H,7H2. The average Bonchev–Trinajstić information content (AvgIpc) is 1.85. The van der Waals surface area contributed by atoms with Crippen molar-refractivity contribution in [3.05, 3.63) is 29.5 Å². The van der Waals surface area contributed by atoms with Crippen LogP contribution in [0.25, 0.3) is 0 Å². The molecule has 0 radical (unpaired) electrons. The fourth-order valence-electron chi connectivity index (χ4n) is 0.663. The van der Waals surface area contributed by atoms with E-state index in [1.165, 1.54) is 18.2 Å². The molecule has 0 saturated heterocycles. The van der Waals surface area contributed by atoms with Crippen LogP contribution in [0.4, 0.5) is 0 Å². The Morgan fingerprint density at radius 2 is 2.27 bits per heavy atom. The average molecular weight is 156 g/mol. The van der Waals surface area contributed by atoms with E-state index in [-0.39, 0.29) is 11.5 Å². The van der Waals surface area contributed by atoms with E-state index in [4.69, 9.17) is 10.9 Å². The van der Waals surface area contributed by atoms with Gasteiger partial charge in [-0.2, -0.15) is 0 Å². The number of nitrogens with two attached hydrogens (primary N) is 1. The predicted molar refractivity (Wildman–Crippen MR) is 37.3 cm³/mol. The van der Waals surface area contributed by atoms with Gasteiger partial charge >= 0.3 is 0 Å². The van der Waals surface area contributed by atoms with E-state index < -0.39 is 5.34 Å². The normalized spacial score (nSPS) is 12.5. The molecule has 0 aliphatic heterocycles. The van der Waals surface area contributed by atoms with Crippen molar-refractivity contribution in [1.29, 1.82) is 0 Å². The van der Waals surface area contributed by atoms with Crippen LogP contribution in [-0.2, 0) is 0 Å². The van der Waals surface area contributed by atoms with E-state index in [0.717, 1.165) is 0 Å². The monoisotopic (exact) mass is 156 g/mol. The van der Waals surface area contributed by atoms with Crippen LogP contribution in [0.3, 0.4) is 0 Å². The Bertz CT molecular complexity index is 239. The summed E-state index contributed by atoms with van der Waals surface area (Å²) in [5, 5.41) is 18.2. The first kappa shape index (κ1) is 7.80. The lowest BCUT2D eigenvalue weighted by molar-refractivity contribution is -1.03. The van der Waals surface area contributed by atoms with E-state index in [1.807, 2.05) is 0 Å². The molecule has 1 unspecified atom stereocenters. The maximum Gasteiger partial charge on any atom is 0.197 e. The summed E-state index contributed by atoms with van der Waals surface area (Å²) in [5.41, 5.74) is 0. The maximum atomic E-state index is 10.2. The number of rotatable bonds is 2. The van der Waals surface area contributed by atoms with Crippen molar-refractivity contribution in [1.82, 2.24) is 0 Å². The van der Waals surface area contributed by atoms with E-state index in [9.17, 15) is 5.21 Å². The van der Waals surface area contributed by atoms with Crippen LogP contribution in [0, 0.1) is 5.21 Å². The molecule has 5 nitrogen and oxygen atoms in total. The van der Waals surface area contributed by atoms with Gasteiger partial charge in [0.1, 0.15) is 5.75 Å². The molecule has 0 aliphatic carbocycles. The number of phenols is 1. The maximum absolute atomic E-state index is 10.2. The third-order valence-electron chi connectivity index (χ3n) is 1.04. The zero-order valence-corrected chi connectivity index (χ0v) is 5.65. The summed E-state index contributed by atoms with van der Waals surface area (Å²) in [4.78, 5) is 4.47. The van der Waals surface area contributed by atoms with Crippen molar-refractivity contribution in [2.45, 2.75) is 0 Å². The fraction of sp³-hybridized carbons (Fsp3) is 0. The van der Waals surface area contributed by atoms with Crippen molar-refractivity contribution in [2.75, 3.05) is 0 Å². The molecule has 0 spiro atoms. The minimum absolute atomic E-state index is 0.0313. The second-order valence-corrected chi connectivity index (χ2v) is 1.92. The molecule has 1 atom stereocenters. The second-order valence-electron chi connectivity index (χ2n) is 1.92. The summed E-state index contributed by atoms with van der Waals surface area (Å²) in [7, 11) is 0. The molecule has 1 aromatic rings. The Morgan fingerprint density at radius 1 is 1.55 bits per heavy atom. The van der Waals surface area contributed by atoms with E-state index in [1.54, 1.807) is 6.07 Å². The first-order valence-electron chi connectivity index (χ1n) is 2.95. The predicted octanol–water partition coefficient (Wildman–Crippen LogP) is -1.06. The second kappa shape index (κ2) is 3.20. The molecule has 1 aromatic carbocycles. The third kappa shape index (κ3) is 2.42. The highest BCUT2D eigenvalue weighted by atomic mass is 16.9. The number of hydrogen-bond donors (Lipinski definition) is 3. The van der Waals surface area contributed by atoms with Crippen LogP contribution in [0.1, 0.15) is 0 Å². The number of phenolic OH excluding ortho intramolecular Hbond substituents is 1. The summed E-state index contributed by atoms with van der Waals surface area (Å²) in [5.74, 6) is 5.00. The highest BCUT2D eigenvalue weighted by Gasteiger charge is 1.96. The molecular weight excluding hydrogens is 148 g/mol. The van der Waals surface area contributed by atoms with E-state index in [2.05, 4.69) is 4.84 Å². The molecule has 11 heavy (non-hydrogen) atoms. The molecule has 0 aromatic heterocycles. The summed E-state index contributed by atoms with van der Waals surface area (Å²) in [6.45, 7) is 0. The van der Waals surface area contributed by atoms with Crippen molar-refractivity contribution in [3.8, 4) is 11.5 Å². The number of quaternary nitrogens is 1. The lowest BCUT2D eigenvalue weighted by atomic mass is 10.3. The Kier molecular flexibility index (Phi) is 2.27.